The topological polar surface area (TPSA) is 92.2 Å². The first-order chi connectivity index (χ1) is 16.9. The average Bonchev–Trinajstić information content (AvgIpc) is 2.84. The van der Waals surface area contributed by atoms with Gasteiger partial charge in [0.15, 0.2) is 0 Å². The van der Waals surface area contributed by atoms with Crippen molar-refractivity contribution >= 4 is 37.7 Å². The minimum Gasteiger partial charge on any atom is -0.324 e. The molecule has 0 saturated carbocycles. The van der Waals surface area contributed by atoms with E-state index in [4.69, 9.17) is 9.54 Å². The Balaban J connectivity index is 1.36. The van der Waals surface area contributed by atoms with E-state index in [1.807, 2.05) is 42.6 Å². The summed E-state index contributed by atoms with van der Waals surface area (Å²) in [7, 11) is -3.92. The van der Waals surface area contributed by atoms with Crippen LogP contribution in [0.3, 0.4) is 0 Å². The van der Waals surface area contributed by atoms with Crippen LogP contribution in [0.5, 0.6) is 0 Å². The number of hydrogen-bond acceptors (Lipinski definition) is 5. The van der Waals surface area contributed by atoms with Crippen molar-refractivity contribution in [3.63, 3.8) is 0 Å². The monoisotopic (exact) mass is 549 g/mol. The van der Waals surface area contributed by atoms with Gasteiger partial charge in [-0.2, -0.15) is 8.42 Å². The van der Waals surface area contributed by atoms with Gasteiger partial charge in [-0.1, -0.05) is 64.5 Å². The van der Waals surface area contributed by atoms with Gasteiger partial charge in [0.25, 0.3) is 10.1 Å². The summed E-state index contributed by atoms with van der Waals surface area (Å²) in [6.45, 7) is 0. The van der Waals surface area contributed by atoms with E-state index in [9.17, 15) is 8.42 Å². The van der Waals surface area contributed by atoms with Gasteiger partial charge in [0, 0.05) is 27.8 Å². The lowest BCUT2D eigenvalue weighted by Crippen LogP contribution is -2.15. The van der Waals surface area contributed by atoms with Crippen molar-refractivity contribution in [1.82, 2.24) is 9.97 Å². The maximum atomic E-state index is 10.9. The molecule has 0 unspecified atom stereocenters. The molecule has 4 aromatic rings. The largest absolute Gasteiger partial charge is 0.324 e. The molecule has 3 aromatic carbocycles. The molecule has 2 N–H and O–H groups in total. The van der Waals surface area contributed by atoms with Crippen molar-refractivity contribution < 1.29 is 13.0 Å². The van der Waals surface area contributed by atoms with Crippen LogP contribution in [-0.2, 0) is 23.0 Å². The highest BCUT2D eigenvalue weighted by Gasteiger charge is 2.27. The van der Waals surface area contributed by atoms with Crippen molar-refractivity contribution in [3.8, 4) is 11.3 Å². The van der Waals surface area contributed by atoms with Gasteiger partial charge in [0.1, 0.15) is 0 Å². The highest BCUT2D eigenvalue weighted by molar-refractivity contribution is 9.10. The first-order valence-corrected chi connectivity index (χ1v) is 13.8. The fraction of sp³-hybridized carbons (Fsp3) is 0.185. The summed E-state index contributed by atoms with van der Waals surface area (Å²) in [6.07, 6.45) is 3.70. The van der Waals surface area contributed by atoms with Gasteiger partial charge in [-0.15, -0.1) is 0 Å². The van der Waals surface area contributed by atoms with Gasteiger partial charge in [0.05, 0.1) is 11.4 Å². The van der Waals surface area contributed by atoms with E-state index in [0.29, 0.717) is 18.8 Å². The number of hydrogen-bond donors (Lipinski definition) is 2. The lowest BCUT2D eigenvalue weighted by molar-refractivity contribution is 0.481. The highest BCUT2D eigenvalue weighted by atomic mass is 79.9. The second-order valence-electron chi connectivity index (χ2n) is 8.68. The third-order valence-electron chi connectivity index (χ3n) is 6.21. The quantitative estimate of drug-likeness (QED) is 0.268. The molecule has 178 valence electrons. The Labute approximate surface area is 213 Å². The molecule has 0 aliphatic heterocycles. The molecule has 1 aliphatic carbocycles. The molecule has 35 heavy (non-hydrogen) atoms. The lowest BCUT2D eigenvalue weighted by Gasteiger charge is -2.27. The molecule has 0 radical (unpaired) electrons. The number of anilines is 2. The Morgan fingerprint density at radius 3 is 2.60 bits per heavy atom. The Bertz CT molecular complexity index is 1470. The molecule has 6 nitrogen and oxygen atoms in total. The van der Waals surface area contributed by atoms with Crippen LogP contribution in [0.25, 0.3) is 11.3 Å². The first-order valence-electron chi connectivity index (χ1n) is 11.4. The molecule has 8 heteroatoms. The predicted octanol–water partition coefficient (Wildman–Crippen LogP) is 6.16. The third kappa shape index (κ3) is 5.61. The van der Waals surface area contributed by atoms with Crippen molar-refractivity contribution in [3.05, 3.63) is 106 Å². The second-order valence-corrected chi connectivity index (χ2v) is 11.2. The summed E-state index contributed by atoms with van der Waals surface area (Å²) in [4.78, 5) is 9.45. The molecule has 0 saturated heterocycles. The molecule has 1 atom stereocenters. The molecule has 0 bridgehead atoms. The van der Waals surface area contributed by atoms with Crippen LogP contribution in [0.4, 0.5) is 11.6 Å². The SMILES string of the molecule is O=S(=O)(O)CCCc1ccc(Nc2ncc3c(n2)-c2ccccc2[C@H](c2cccc(Br)c2)C3)cc1. The number of aryl methyl sites for hydroxylation is 1. The predicted molar refractivity (Wildman–Crippen MR) is 142 cm³/mol. The van der Waals surface area contributed by atoms with Crippen LogP contribution in [-0.4, -0.2) is 28.7 Å². The maximum absolute atomic E-state index is 10.9. The smallest absolute Gasteiger partial charge is 0.264 e. The van der Waals surface area contributed by atoms with Gasteiger partial charge < -0.3 is 5.32 Å². The van der Waals surface area contributed by atoms with E-state index < -0.39 is 10.1 Å². The van der Waals surface area contributed by atoms with Crippen molar-refractivity contribution in [2.45, 2.75) is 25.2 Å². The van der Waals surface area contributed by atoms with Gasteiger partial charge in [0.2, 0.25) is 5.95 Å². The molecule has 1 aromatic heterocycles. The third-order valence-corrected chi connectivity index (χ3v) is 7.51. The van der Waals surface area contributed by atoms with Crippen LogP contribution in [0.1, 0.15) is 34.6 Å². The van der Waals surface area contributed by atoms with E-state index in [1.54, 1.807) is 0 Å². The Kier molecular flexibility index (Phi) is 6.69. The summed E-state index contributed by atoms with van der Waals surface area (Å²) >= 11 is 3.60. The van der Waals surface area contributed by atoms with Gasteiger partial charge in [-0.25, -0.2) is 9.97 Å². The summed E-state index contributed by atoms with van der Waals surface area (Å²) in [5.41, 5.74) is 7.56. The molecular weight excluding hydrogens is 526 g/mol. The fourth-order valence-electron chi connectivity index (χ4n) is 4.56. The van der Waals surface area contributed by atoms with Gasteiger partial charge in [-0.05, 0) is 65.8 Å². The number of nitrogens with one attached hydrogen (secondary N) is 1. The number of nitrogens with zero attached hydrogens (tertiary/aromatic N) is 2. The highest BCUT2D eigenvalue weighted by Crippen LogP contribution is 2.42. The summed E-state index contributed by atoms with van der Waals surface area (Å²) in [6, 6.07) is 24.6. The first kappa shape index (κ1) is 23.7. The molecule has 5 rings (SSSR count). The van der Waals surface area contributed by atoms with E-state index in [-0.39, 0.29) is 11.7 Å². The summed E-state index contributed by atoms with van der Waals surface area (Å²) in [5, 5.41) is 3.28. The normalized spacial score (nSPS) is 14.7. The number of fused-ring (bicyclic) bond motifs is 3. The van der Waals surface area contributed by atoms with E-state index in [2.05, 4.69) is 62.6 Å². The zero-order chi connectivity index (χ0) is 24.4. The molecule has 1 heterocycles. The number of rotatable bonds is 7. The van der Waals surface area contributed by atoms with E-state index >= 15 is 0 Å². The lowest BCUT2D eigenvalue weighted by atomic mass is 9.78. The summed E-state index contributed by atoms with van der Waals surface area (Å²) < 4.78 is 31.7. The Hall–Kier alpha value is -3.07. The van der Waals surface area contributed by atoms with Crippen LogP contribution >= 0.6 is 15.9 Å². The minimum atomic E-state index is -3.92. The van der Waals surface area contributed by atoms with Crippen LogP contribution in [0, 0.1) is 0 Å². The van der Waals surface area contributed by atoms with E-state index in [0.717, 1.165) is 39.0 Å². The standard InChI is InChI=1S/C27H24BrN3O3S/c28-21-7-3-6-19(15-21)25-16-20-17-29-27(31-26(20)24-9-2-1-8-23(24)25)30-22-12-10-18(11-13-22)5-4-14-35(32,33)34/h1-3,6-13,15,17,25H,4-5,14,16H2,(H,29,30,31)(H,32,33,34)/t25-/m0/s1. The number of benzene rings is 3. The number of aromatic nitrogens is 2. The van der Waals surface area contributed by atoms with Gasteiger partial charge in [-0.3, -0.25) is 4.55 Å². The second kappa shape index (κ2) is 9.89. The van der Waals surface area contributed by atoms with Crippen molar-refractivity contribution in [2.24, 2.45) is 0 Å². The number of halogens is 1. The van der Waals surface area contributed by atoms with Crippen molar-refractivity contribution in [2.75, 3.05) is 11.1 Å². The van der Waals surface area contributed by atoms with Crippen LogP contribution in [0.15, 0.2) is 83.5 Å². The molecule has 0 fully saturated rings. The van der Waals surface area contributed by atoms with Crippen LogP contribution in [0.2, 0.25) is 0 Å². The molecule has 0 spiro atoms. The molecular formula is C27H24BrN3O3S. The van der Waals surface area contributed by atoms with Crippen molar-refractivity contribution in [1.29, 1.82) is 0 Å². The minimum absolute atomic E-state index is 0.236. The fourth-order valence-corrected chi connectivity index (χ4v) is 5.49. The Morgan fingerprint density at radius 2 is 1.83 bits per heavy atom. The zero-order valence-corrected chi connectivity index (χ0v) is 21.3. The summed E-state index contributed by atoms with van der Waals surface area (Å²) in [5.74, 6) is 0.533. The molecule has 1 aliphatic rings. The zero-order valence-electron chi connectivity index (χ0n) is 18.9. The van der Waals surface area contributed by atoms with E-state index in [1.165, 1.54) is 11.1 Å². The maximum Gasteiger partial charge on any atom is 0.264 e. The average molecular weight is 550 g/mol. The van der Waals surface area contributed by atoms with Crippen LogP contribution < -0.4 is 5.32 Å². The Morgan fingerprint density at radius 1 is 1.03 bits per heavy atom. The van der Waals surface area contributed by atoms with Gasteiger partial charge >= 0.3 is 0 Å². The molecule has 0 amide bonds.